The lowest BCUT2D eigenvalue weighted by molar-refractivity contribution is 0.599. The standard InChI is InChI=1S/C21H14FN5O/c22-17-8-14(13-3-4-18-16(7-13)9-25-26-18)1-2-15(17)12-27-20-10-23-6-5-19(20)24-11-21(27)28/h1-11H,12H2,(H,25,26). The van der Waals surface area contributed by atoms with Gasteiger partial charge >= 0.3 is 0 Å². The molecule has 0 spiro atoms. The van der Waals surface area contributed by atoms with Gasteiger partial charge in [0.1, 0.15) is 5.82 Å². The summed E-state index contributed by atoms with van der Waals surface area (Å²) in [5.74, 6) is -0.370. The smallest absolute Gasteiger partial charge is 0.269 e. The fraction of sp³-hybridized carbons (Fsp3) is 0.0476. The molecule has 7 heteroatoms. The molecule has 0 bridgehead atoms. The number of benzene rings is 2. The number of nitrogens with zero attached hydrogens (tertiary/aromatic N) is 4. The molecule has 0 saturated heterocycles. The second kappa shape index (κ2) is 6.38. The van der Waals surface area contributed by atoms with Gasteiger partial charge in [0.25, 0.3) is 5.56 Å². The summed E-state index contributed by atoms with van der Waals surface area (Å²) in [5.41, 5.74) is 3.93. The summed E-state index contributed by atoms with van der Waals surface area (Å²) in [5, 5.41) is 7.87. The summed E-state index contributed by atoms with van der Waals surface area (Å²) >= 11 is 0. The van der Waals surface area contributed by atoms with E-state index in [4.69, 9.17) is 0 Å². The predicted molar refractivity (Wildman–Crippen MR) is 104 cm³/mol. The number of halogens is 1. The van der Waals surface area contributed by atoms with Crippen LogP contribution < -0.4 is 5.56 Å². The lowest BCUT2D eigenvalue weighted by atomic mass is 10.0. The monoisotopic (exact) mass is 371 g/mol. The van der Waals surface area contributed by atoms with E-state index in [1.807, 2.05) is 24.3 Å². The Labute approximate surface area is 158 Å². The van der Waals surface area contributed by atoms with Crippen LogP contribution in [0.3, 0.4) is 0 Å². The maximum Gasteiger partial charge on any atom is 0.269 e. The van der Waals surface area contributed by atoms with Crippen molar-refractivity contribution in [3.63, 3.8) is 0 Å². The number of pyridine rings is 1. The molecular formula is C21H14FN5O. The van der Waals surface area contributed by atoms with E-state index in [1.165, 1.54) is 16.8 Å². The molecule has 0 unspecified atom stereocenters. The Kier molecular flexibility index (Phi) is 3.72. The number of aromatic amines is 1. The van der Waals surface area contributed by atoms with Gasteiger partial charge in [-0.25, -0.2) is 9.37 Å². The second-order valence-electron chi connectivity index (χ2n) is 6.53. The van der Waals surface area contributed by atoms with Gasteiger partial charge in [0, 0.05) is 17.1 Å². The minimum absolute atomic E-state index is 0.108. The largest absolute Gasteiger partial charge is 0.299 e. The van der Waals surface area contributed by atoms with E-state index in [-0.39, 0.29) is 17.9 Å². The third-order valence-electron chi connectivity index (χ3n) is 4.80. The van der Waals surface area contributed by atoms with Crippen molar-refractivity contribution in [3.05, 3.63) is 89.0 Å². The van der Waals surface area contributed by atoms with E-state index in [1.54, 1.807) is 30.7 Å². The molecule has 3 heterocycles. The van der Waals surface area contributed by atoms with Gasteiger partial charge < -0.3 is 0 Å². The van der Waals surface area contributed by atoms with Gasteiger partial charge in [-0.15, -0.1) is 0 Å². The Hall–Kier alpha value is -3.87. The van der Waals surface area contributed by atoms with Gasteiger partial charge in [0.15, 0.2) is 0 Å². The van der Waals surface area contributed by atoms with E-state index >= 15 is 0 Å². The van der Waals surface area contributed by atoms with Crippen LogP contribution >= 0.6 is 0 Å². The molecule has 0 saturated carbocycles. The van der Waals surface area contributed by atoms with Gasteiger partial charge in [-0.3, -0.25) is 19.4 Å². The molecule has 0 amide bonds. The molecule has 6 nitrogen and oxygen atoms in total. The molecule has 5 rings (SSSR count). The Morgan fingerprint density at radius 3 is 2.75 bits per heavy atom. The first-order valence-corrected chi connectivity index (χ1v) is 8.70. The lowest BCUT2D eigenvalue weighted by Crippen LogP contribution is -2.21. The van der Waals surface area contributed by atoms with Crippen LogP contribution in [0.5, 0.6) is 0 Å². The highest BCUT2D eigenvalue weighted by Crippen LogP contribution is 2.25. The van der Waals surface area contributed by atoms with Gasteiger partial charge in [-0.2, -0.15) is 5.10 Å². The number of rotatable bonds is 3. The van der Waals surface area contributed by atoms with Crippen LogP contribution in [-0.4, -0.2) is 24.7 Å². The van der Waals surface area contributed by atoms with Crippen molar-refractivity contribution >= 4 is 21.9 Å². The molecule has 5 aromatic rings. The normalized spacial score (nSPS) is 11.3. The van der Waals surface area contributed by atoms with Crippen molar-refractivity contribution in [1.29, 1.82) is 0 Å². The number of nitrogens with one attached hydrogen (secondary N) is 1. The van der Waals surface area contributed by atoms with E-state index in [0.717, 1.165) is 22.0 Å². The van der Waals surface area contributed by atoms with Gasteiger partial charge in [0.2, 0.25) is 0 Å². The molecule has 0 aliphatic heterocycles. The fourth-order valence-corrected chi connectivity index (χ4v) is 3.32. The molecule has 2 aromatic carbocycles. The van der Waals surface area contributed by atoms with Crippen molar-refractivity contribution in [2.75, 3.05) is 0 Å². The Balaban J connectivity index is 1.54. The zero-order valence-electron chi connectivity index (χ0n) is 14.6. The Morgan fingerprint density at radius 2 is 1.86 bits per heavy atom. The number of H-pyrrole nitrogens is 1. The quantitative estimate of drug-likeness (QED) is 0.526. The number of fused-ring (bicyclic) bond motifs is 2. The van der Waals surface area contributed by atoms with Crippen molar-refractivity contribution in [1.82, 2.24) is 24.7 Å². The summed E-state index contributed by atoms with van der Waals surface area (Å²) in [4.78, 5) is 20.4. The average Bonchev–Trinajstić information content (AvgIpc) is 3.19. The Bertz CT molecular complexity index is 1390. The fourth-order valence-electron chi connectivity index (χ4n) is 3.32. The van der Waals surface area contributed by atoms with Crippen LogP contribution in [0.1, 0.15) is 5.56 Å². The summed E-state index contributed by atoms with van der Waals surface area (Å²) in [6.45, 7) is 0.108. The van der Waals surface area contributed by atoms with Crippen LogP contribution in [0.25, 0.3) is 33.1 Å². The minimum Gasteiger partial charge on any atom is -0.299 e. The molecule has 0 aliphatic carbocycles. The van der Waals surface area contributed by atoms with Crippen molar-refractivity contribution < 1.29 is 4.39 Å². The molecule has 28 heavy (non-hydrogen) atoms. The van der Waals surface area contributed by atoms with Crippen LogP contribution in [0.15, 0.2) is 72.0 Å². The number of hydrogen-bond donors (Lipinski definition) is 1. The van der Waals surface area contributed by atoms with E-state index < -0.39 is 0 Å². The summed E-state index contributed by atoms with van der Waals surface area (Å²) in [6.07, 6.45) is 6.15. The van der Waals surface area contributed by atoms with E-state index in [9.17, 15) is 9.18 Å². The topological polar surface area (TPSA) is 76.5 Å². The third kappa shape index (κ3) is 2.73. The second-order valence-corrected chi connectivity index (χ2v) is 6.53. The van der Waals surface area contributed by atoms with Gasteiger partial charge in [-0.1, -0.05) is 18.2 Å². The first kappa shape index (κ1) is 16.3. The number of hydrogen-bond acceptors (Lipinski definition) is 4. The minimum atomic E-state index is -0.370. The van der Waals surface area contributed by atoms with Crippen LogP contribution in [0.2, 0.25) is 0 Å². The highest BCUT2D eigenvalue weighted by molar-refractivity contribution is 5.84. The SMILES string of the molecule is O=c1cnc2ccncc2n1Cc1ccc(-c2ccc3[nH]ncc3c2)cc1F. The molecule has 0 fully saturated rings. The highest BCUT2D eigenvalue weighted by Gasteiger charge is 2.10. The highest BCUT2D eigenvalue weighted by atomic mass is 19.1. The van der Waals surface area contributed by atoms with E-state index in [2.05, 4.69) is 20.2 Å². The molecule has 0 aliphatic rings. The molecular weight excluding hydrogens is 357 g/mol. The van der Waals surface area contributed by atoms with Gasteiger partial charge in [0.05, 0.1) is 41.7 Å². The first-order chi connectivity index (χ1) is 13.7. The van der Waals surface area contributed by atoms with Crippen molar-refractivity contribution in [3.8, 4) is 11.1 Å². The number of aromatic nitrogens is 5. The van der Waals surface area contributed by atoms with Crippen LogP contribution in [-0.2, 0) is 6.54 Å². The van der Waals surface area contributed by atoms with Crippen LogP contribution in [0, 0.1) is 5.82 Å². The predicted octanol–water partition coefficient (Wildman–Crippen LogP) is 3.52. The molecule has 3 aromatic heterocycles. The Morgan fingerprint density at radius 1 is 1.00 bits per heavy atom. The molecule has 0 radical (unpaired) electrons. The first-order valence-electron chi connectivity index (χ1n) is 8.70. The average molecular weight is 371 g/mol. The van der Waals surface area contributed by atoms with Crippen molar-refractivity contribution in [2.45, 2.75) is 6.54 Å². The maximum absolute atomic E-state index is 14.8. The summed E-state index contributed by atoms with van der Waals surface area (Å²) in [6, 6.07) is 12.6. The zero-order chi connectivity index (χ0) is 19.1. The molecule has 0 atom stereocenters. The van der Waals surface area contributed by atoms with Crippen LogP contribution in [0.4, 0.5) is 4.39 Å². The third-order valence-corrected chi connectivity index (χ3v) is 4.80. The van der Waals surface area contributed by atoms with Gasteiger partial charge in [-0.05, 0) is 35.4 Å². The van der Waals surface area contributed by atoms with E-state index in [0.29, 0.717) is 16.6 Å². The van der Waals surface area contributed by atoms with Crippen molar-refractivity contribution in [2.24, 2.45) is 0 Å². The zero-order valence-corrected chi connectivity index (χ0v) is 14.6. The summed E-state index contributed by atoms with van der Waals surface area (Å²) < 4.78 is 16.3. The molecule has 136 valence electrons. The lowest BCUT2D eigenvalue weighted by Gasteiger charge is -2.11. The molecule has 1 N–H and O–H groups in total. The summed E-state index contributed by atoms with van der Waals surface area (Å²) in [7, 11) is 0. The maximum atomic E-state index is 14.8.